The van der Waals surface area contributed by atoms with E-state index in [-0.39, 0.29) is 11.6 Å². The number of H-pyrrole nitrogens is 2. The molecule has 0 aliphatic carbocycles. The Morgan fingerprint density at radius 3 is 2.87 bits per heavy atom. The van der Waals surface area contributed by atoms with Crippen molar-refractivity contribution in [2.45, 2.75) is 13.5 Å². The highest BCUT2D eigenvalue weighted by molar-refractivity contribution is 5.92. The number of aryl methyl sites for hydroxylation is 1. The highest BCUT2D eigenvalue weighted by atomic mass is 16.5. The number of amides is 1. The number of aromatic nitrogens is 7. The van der Waals surface area contributed by atoms with Crippen LogP contribution in [0.5, 0.6) is 0 Å². The van der Waals surface area contributed by atoms with Gasteiger partial charge in [0.25, 0.3) is 5.91 Å². The lowest BCUT2D eigenvalue weighted by molar-refractivity contribution is 0.0941. The van der Waals surface area contributed by atoms with Gasteiger partial charge in [0.15, 0.2) is 11.3 Å². The molecular weight excluding hydrogens is 384 g/mol. The van der Waals surface area contributed by atoms with Gasteiger partial charge in [-0.1, -0.05) is 5.16 Å². The highest BCUT2D eigenvalue weighted by Gasteiger charge is 2.13. The third kappa shape index (κ3) is 3.30. The van der Waals surface area contributed by atoms with Crippen molar-refractivity contribution in [3.05, 3.63) is 66.3 Å². The second-order valence-electron chi connectivity index (χ2n) is 6.73. The predicted molar refractivity (Wildman–Crippen MR) is 107 cm³/mol. The molecule has 3 N–H and O–H groups in total. The summed E-state index contributed by atoms with van der Waals surface area (Å²) in [5.41, 5.74) is 5.81. The van der Waals surface area contributed by atoms with Gasteiger partial charge in [-0.2, -0.15) is 5.10 Å². The van der Waals surface area contributed by atoms with Gasteiger partial charge in [0.05, 0.1) is 18.1 Å². The van der Waals surface area contributed by atoms with Gasteiger partial charge in [0.2, 0.25) is 0 Å². The van der Waals surface area contributed by atoms with Crippen molar-refractivity contribution in [1.82, 2.24) is 40.6 Å². The Hall–Kier alpha value is -4.34. The van der Waals surface area contributed by atoms with Crippen LogP contribution in [0.3, 0.4) is 0 Å². The molecule has 5 aromatic heterocycles. The van der Waals surface area contributed by atoms with Crippen LogP contribution in [0.4, 0.5) is 0 Å². The minimum absolute atomic E-state index is 0.246. The summed E-state index contributed by atoms with van der Waals surface area (Å²) in [7, 11) is 0. The normalized spacial score (nSPS) is 11.1. The number of hydrogen-bond acceptors (Lipinski definition) is 7. The number of nitrogens with one attached hydrogen (secondary N) is 3. The van der Waals surface area contributed by atoms with E-state index in [4.69, 9.17) is 9.51 Å². The lowest BCUT2D eigenvalue weighted by Gasteiger charge is -2.05. The zero-order valence-electron chi connectivity index (χ0n) is 15.9. The number of hydrogen-bond donors (Lipinski definition) is 3. The van der Waals surface area contributed by atoms with Crippen LogP contribution in [0, 0.1) is 6.92 Å². The third-order valence-corrected chi connectivity index (χ3v) is 4.59. The molecule has 30 heavy (non-hydrogen) atoms. The maximum atomic E-state index is 12.2. The van der Waals surface area contributed by atoms with E-state index in [2.05, 4.69) is 35.6 Å². The average molecular weight is 400 g/mol. The number of rotatable bonds is 5. The topological polar surface area (TPSA) is 138 Å². The van der Waals surface area contributed by atoms with E-state index in [0.717, 1.165) is 33.5 Å². The van der Waals surface area contributed by atoms with E-state index < -0.39 is 0 Å². The van der Waals surface area contributed by atoms with Gasteiger partial charge in [-0.3, -0.25) is 14.9 Å². The Kier molecular flexibility index (Phi) is 4.28. The molecule has 0 bridgehead atoms. The molecule has 0 atom stereocenters. The van der Waals surface area contributed by atoms with Gasteiger partial charge in [-0.05, 0) is 18.6 Å². The SMILES string of the molecule is Cc1cc(C(=O)NCc2cncc(-c3c[nH]c4ncc(-c5cn[nH]c5)nc34)c2)no1. The van der Waals surface area contributed by atoms with Crippen molar-refractivity contribution in [2.75, 3.05) is 0 Å². The number of carbonyl (C=O) groups is 1. The van der Waals surface area contributed by atoms with E-state index in [1.54, 1.807) is 44.0 Å². The Morgan fingerprint density at radius 1 is 1.13 bits per heavy atom. The fourth-order valence-corrected chi connectivity index (χ4v) is 3.12. The van der Waals surface area contributed by atoms with Gasteiger partial charge in [0.1, 0.15) is 11.3 Å². The summed E-state index contributed by atoms with van der Waals surface area (Å²) in [6.45, 7) is 2.04. The fraction of sp³-hybridized carbons (Fsp3) is 0.100. The molecule has 0 aliphatic heterocycles. The predicted octanol–water partition coefficient (Wildman–Crippen LogP) is 2.64. The molecule has 5 heterocycles. The summed E-state index contributed by atoms with van der Waals surface area (Å²) in [6.07, 6.45) is 10.5. The van der Waals surface area contributed by atoms with Gasteiger partial charge < -0.3 is 14.8 Å². The summed E-state index contributed by atoms with van der Waals surface area (Å²) < 4.78 is 4.94. The van der Waals surface area contributed by atoms with Crippen LogP contribution in [-0.2, 0) is 6.54 Å². The molecule has 0 saturated carbocycles. The first-order valence-electron chi connectivity index (χ1n) is 9.16. The summed E-state index contributed by atoms with van der Waals surface area (Å²) in [6, 6.07) is 3.54. The maximum absolute atomic E-state index is 12.2. The first-order valence-corrected chi connectivity index (χ1v) is 9.16. The van der Waals surface area contributed by atoms with Crippen molar-refractivity contribution >= 4 is 17.1 Å². The van der Waals surface area contributed by atoms with Crippen molar-refractivity contribution in [2.24, 2.45) is 0 Å². The van der Waals surface area contributed by atoms with Crippen LogP contribution in [0.25, 0.3) is 33.5 Å². The Labute approximate surface area is 169 Å². The van der Waals surface area contributed by atoms with E-state index in [1.807, 2.05) is 12.3 Å². The molecule has 0 radical (unpaired) electrons. The molecule has 0 aliphatic rings. The van der Waals surface area contributed by atoms with Gasteiger partial charge in [-0.25, -0.2) is 9.97 Å². The highest BCUT2D eigenvalue weighted by Crippen LogP contribution is 2.28. The van der Waals surface area contributed by atoms with E-state index in [9.17, 15) is 4.79 Å². The molecule has 10 heteroatoms. The zero-order chi connectivity index (χ0) is 20.5. The molecule has 0 spiro atoms. The van der Waals surface area contributed by atoms with Crippen LogP contribution in [-0.4, -0.2) is 41.2 Å². The minimum Gasteiger partial charge on any atom is -0.361 e. The Bertz CT molecular complexity index is 1340. The molecule has 0 aromatic carbocycles. The average Bonchev–Trinajstić information content (AvgIpc) is 3.52. The van der Waals surface area contributed by atoms with Crippen molar-refractivity contribution in [1.29, 1.82) is 0 Å². The monoisotopic (exact) mass is 400 g/mol. The number of pyridine rings is 1. The van der Waals surface area contributed by atoms with Crippen molar-refractivity contribution < 1.29 is 9.32 Å². The van der Waals surface area contributed by atoms with Crippen LogP contribution in [0.15, 0.2) is 53.8 Å². The summed E-state index contributed by atoms with van der Waals surface area (Å²) in [5, 5.41) is 13.3. The second kappa shape index (κ2) is 7.24. The lowest BCUT2D eigenvalue weighted by Crippen LogP contribution is -2.23. The van der Waals surface area contributed by atoms with Gasteiger partial charge in [-0.15, -0.1) is 0 Å². The van der Waals surface area contributed by atoms with Crippen LogP contribution < -0.4 is 5.32 Å². The second-order valence-corrected chi connectivity index (χ2v) is 6.73. The zero-order valence-corrected chi connectivity index (χ0v) is 15.9. The summed E-state index contributed by atoms with van der Waals surface area (Å²) in [5.74, 6) is 0.277. The Morgan fingerprint density at radius 2 is 2.07 bits per heavy atom. The molecule has 0 fully saturated rings. The number of nitrogens with zero attached hydrogens (tertiary/aromatic N) is 5. The van der Waals surface area contributed by atoms with E-state index >= 15 is 0 Å². The molecule has 0 saturated heterocycles. The Balaban J connectivity index is 1.41. The molecule has 10 nitrogen and oxygen atoms in total. The molecule has 5 aromatic rings. The van der Waals surface area contributed by atoms with Gasteiger partial charge >= 0.3 is 0 Å². The van der Waals surface area contributed by atoms with E-state index in [1.165, 1.54) is 0 Å². The number of aromatic amines is 2. The molecule has 148 valence electrons. The molecule has 5 rings (SSSR count). The molecule has 1 amide bonds. The van der Waals surface area contributed by atoms with Gasteiger partial charge in [0, 0.05) is 54.1 Å². The molecule has 0 unspecified atom stereocenters. The lowest BCUT2D eigenvalue weighted by atomic mass is 10.1. The van der Waals surface area contributed by atoms with Crippen LogP contribution in [0.1, 0.15) is 21.8 Å². The fourth-order valence-electron chi connectivity index (χ4n) is 3.12. The minimum atomic E-state index is -0.306. The smallest absolute Gasteiger partial charge is 0.273 e. The quantitative estimate of drug-likeness (QED) is 0.412. The van der Waals surface area contributed by atoms with Crippen LogP contribution >= 0.6 is 0 Å². The maximum Gasteiger partial charge on any atom is 0.273 e. The van der Waals surface area contributed by atoms with Crippen molar-refractivity contribution in [3.8, 4) is 22.4 Å². The summed E-state index contributed by atoms with van der Waals surface area (Å²) >= 11 is 0. The first-order chi connectivity index (χ1) is 14.7. The largest absolute Gasteiger partial charge is 0.361 e. The molecular formula is C20H16N8O2. The van der Waals surface area contributed by atoms with Crippen LogP contribution in [0.2, 0.25) is 0 Å². The standard InChI is InChI=1S/C20H16N8O2/c1-11-2-16(28-30-11)20(29)24-5-12-3-13(6-21-4-12)15-9-22-19-18(15)27-17(10-23-19)14-7-25-26-8-14/h2-4,6-10H,5H2,1H3,(H,22,23)(H,24,29)(H,25,26). The van der Waals surface area contributed by atoms with Crippen molar-refractivity contribution in [3.63, 3.8) is 0 Å². The van der Waals surface area contributed by atoms with E-state index in [0.29, 0.717) is 18.0 Å². The number of carbonyl (C=O) groups excluding carboxylic acids is 1. The third-order valence-electron chi connectivity index (χ3n) is 4.59. The summed E-state index contributed by atoms with van der Waals surface area (Å²) in [4.78, 5) is 28.8. The first kappa shape index (κ1) is 17.7. The number of fused-ring (bicyclic) bond motifs is 1.